The van der Waals surface area contributed by atoms with E-state index in [4.69, 9.17) is 0 Å². The van der Waals surface area contributed by atoms with Gasteiger partial charge in [0.1, 0.15) is 6.04 Å². The highest BCUT2D eigenvalue weighted by Gasteiger charge is 2.43. The van der Waals surface area contributed by atoms with Crippen molar-refractivity contribution in [2.45, 2.75) is 34.9 Å². The molecule has 1 fully saturated rings. The summed E-state index contributed by atoms with van der Waals surface area (Å²) in [6.07, 6.45) is 0.694. The lowest BCUT2D eigenvalue weighted by Gasteiger charge is -2.27. The molecular formula is C14H15NO3S2. The van der Waals surface area contributed by atoms with Gasteiger partial charge >= 0.3 is 5.97 Å². The van der Waals surface area contributed by atoms with Crippen molar-refractivity contribution in [1.29, 1.82) is 0 Å². The number of amides is 1. The first kappa shape index (κ1) is 13.8. The van der Waals surface area contributed by atoms with Gasteiger partial charge in [-0.1, -0.05) is 18.2 Å². The van der Waals surface area contributed by atoms with E-state index in [0.29, 0.717) is 12.2 Å². The van der Waals surface area contributed by atoms with Gasteiger partial charge in [0.2, 0.25) is 5.91 Å². The van der Waals surface area contributed by atoms with Crippen LogP contribution in [-0.4, -0.2) is 44.3 Å². The third-order valence-electron chi connectivity index (χ3n) is 3.68. The summed E-state index contributed by atoms with van der Waals surface area (Å²) in [5, 5.41) is 9.01. The van der Waals surface area contributed by atoms with Crippen molar-refractivity contribution < 1.29 is 14.7 Å². The minimum Gasteiger partial charge on any atom is -0.480 e. The Morgan fingerprint density at radius 2 is 2.10 bits per heavy atom. The highest BCUT2D eigenvalue weighted by Crippen LogP contribution is 2.40. The molecule has 0 radical (unpaired) electrons. The topological polar surface area (TPSA) is 57.6 Å². The molecule has 1 amide bonds. The quantitative estimate of drug-likeness (QED) is 0.906. The molecular weight excluding hydrogens is 294 g/mol. The Morgan fingerprint density at radius 1 is 1.35 bits per heavy atom. The molecule has 106 valence electrons. The Kier molecular flexibility index (Phi) is 3.69. The fourth-order valence-electron chi connectivity index (χ4n) is 2.65. The van der Waals surface area contributed by atoms with E-state index in [2.05, 4.69) is 0 Å². The predicted molar refractivity (Wildman–Crippen MR) is 80.0 cm³/mol. The summed E-state index contributed by atoms with van der Waals surface area (Å²) in [6, 6.07) is 7.30. The standard InChI is InChI=1S/C14H15NO3S2/c1-8-15(10(7-19-8)14(17)18)13(16)12-6-9-4-2-3-5-11(9)20-12/h2-5,8,10,12H,6-7H2,1H3,(H,17,18). The Hall–Kier alpha value is -1.14. The lowest BCUT2D eigenvalue weighted by Crippen LogP contribution is -2.48. The lowest BCUT2D eigenvalue weighted by atomic mass is 10.1. The van der Waals surface area contributed by atoms with Crippen molar-refractivity contribution in [2.24, 2.45) is 0 Å². The number of carboxylic acids is 1. The third-order valence-corrected chi connectivity index (χ3v) is 6.21. The number of carbonyl (C=O) groups excluding carboxylic acids is 1. The largest absolute Gasteiger partial charge is 0.480 e. The number of benzene rings is 1. The molecule has 1 aromatic rings. The zero-order valence-corrected chi connectivity index (χ0v) is 12.6. The monoisotopic (exact) mass is 309 g/mol. The SMILES string of the molecule is CC1SCC(C(=O)O)N1C(=O)C1Cc2ccccc2S1. The number of hydrogen-bond donors (Lipinski definition) is 1. The lowest BCUT2D eigenvalue weighted by molar-refractivity contribution is -0.148. The van der Waals surface area contributed by atoms with E-state index in [1.54, 1.807) is 16.7 Å². The van der Waals surface area contributed by atoms with Gasteiger partial charge in [0.25, 0.3) is 0 Å². The van der Waals surface area contributed by atoms with Crippen molar-refractivity contribution in [1.82, 2.24) is 4.90 Å². The first-order valence-electron chi connectivity index (χ1n) is 6.49. The molecule has 6 heteroatoms. The summed E-state index contributed by atoms with van der Waals surface area (Å²) in [7, 11) is 0. The van der Waals surface area contributed by atoms with Gasteiger partial charge in [0, 0.05) is 10.6 Å². The summed E-state index contributed by atoms with van der Waals surface area (Å²) in [5.41, 5.74) is 1.18. The summed E-state index contributed by atoms with van der Waals surface area (Å²) < 4.78 is 0. The highest BCUT2D eigenvalue weighted by molar-refractivity contribution is 8.01. The van der Waals surface area contributed by atoms with Crippen molar-refractivity contribution in [3.63, 3.8) is 0 Å². The van der Waals surface area contributed by atoms with E-state index < -0.39 is 12.0 Å². The van der Waals surface area contributed by atoms with Gasteiger partial charge < -0.3 is 10.0 Å². The van der Waals surface area contributed by atoms with Crippen LogP contribution in [0.15, 0.2) is 29.2 Å². The average Bonchev–Trinajstić information content (AvgIpc) is 3.01. The van der Waals surface area contributed by atoms with Crippen LogP contribution in [0.2, 0.25) is 0 Å². The molecule has 1 saturated heterocycles. The van der Waals surface area contributed by atoms with E-state index in [9.17, 15) is 14.7 Å². The van der Waals surface area contributed by atoms with Crippen LogP contribution < -0.4 is 0 Å². The maximum Gasteiger partial charge on any atom is 0.327 e. The van der Waals surface area contributed by atoms with Crippen LogP contribution in [-0.2, 0) is 16.0 Å². The Bertz CT molecular complexity index is 538. The van der Waals surface area contributed by atoms with Crippen molar-refractivity contribution in [3.05, 3.63) is 29.8 Å². The van der Waals surface area contributed by atoms with Crippen LogP contribution in [0.3, 0.4) is 0 Å². The number of rotatable bonds is 2. The van der Waals surface area contributed by atoms with Gasteiger partial charge in [0.15, 0.2) is 0 Å². The Balaban J connectivity index is 1.79. The fraction of sp³-hybridized carbons (Fsp3) is 0.429. The number of thioether (sulfide) groups is 2. The number of carboxylic acid groups (broad SMARTS) is 1. The molecule has 2 heterocycles. The first-order valence-corrected chi connectivity index (χ1v) is 8.42. The molecule has 3 unspecified atom stereocenters. The molecule has 1 aromatic carbocycles. The minimum absolute atomic E-state index is 0.0453. The number of nitrogens with zero attached hydrogens (tertiary/aromatic N) is 1. The van der Waals surface area contributed by atoms with Crippen LogP contribution in [0, 0.1) is 0 Å². The van der Waals surface area contributed by atoms with E-state index in [1.807, 2.05) is 31.2 Å². The molecule has 0 bridgehead atoms. The van der Waals surface area contributed by atoms with Crippen molar-refractivity contribution in [3.8, 4) is 0 Å². The minimum atomic E-state index is -0.907. The molecule has 0 saturated carbocycles. The van der Waals surface area contributed by atoms with E-state index in [-0.39, 0.29) is 16.5 Å². The molecule has 3 rings (SSSR count). The fourth-order valence-corrected chi connectivity index (χ4v) is 5.08. The average molecular weight is 309 g/mol. The van der Waals surface area contributed by atoms with Gasteiger partial charge in [-0.05, 0) is 25.0 Å². The Labute approximate surface area is 125 Å². The third kappa shape index (κ3) is 2.31. The molecule has 4 nitrogen and oxygen atoms in total. The van der Waals surface area contributed by atoms with Gasteiger partial charge in [-0.3, -0.25) is 4.79 Å². The first-order chi connectivity index (χ1) is 9.58. The van der Waals surface area contributed by atoms with E-state index in [1.165, 1.54) is 17.3 Å². The second-order valence-electron chi connectivity index (χ2n) is 4.95. The molecule has 1 N–H and O–H groups in total. The summed E-state index contributed by atoms with van der Waals surface area (Å²) >= 11 is 3.08. The second-order valence-corrected chi connectivity index (χ2v) is 7.54. The number of carbonyl (C=O) groups is 2. The number of fused-ring (bicyclic) bond motifs is 1. The van der Waals surface area contributed by atoms with Gasteiger partial charge in [-0.15, -0.1) is 23.5 Å². The molecule has 2 aliphatic rings. The zero-order chi connectivity index (χ0) is 14.3. The van der Waals surface area contributed by atoms with Crippen molar-refractivity contribution >= 4 is 35.4 Å². The van der Waals surface area contributed by atoms with Crippen LogP contribution in [0.25, 0.3) is 0 Å². The Morgan fingerprint density at radius 3 is 2.80 bits per heavy atom. The number of hydrogen-bond acceptors (Lipinski definition) is 4. The second kappa shape index (κ2) is 5.33. The molecule has 20 heavy (non-hydrogen) atoms. The van der Waals surface area contributed by atoms with Crippen LogP contribution in [0.4, 0.5) is 0 Å². The molecule has 0 spiro atoms. The van der Waals surface area contributed by atoms with Gasteiger partial charge in [-0.25, -0.2) is 4.79 Å². The van der Waals surface area contributed by atoms with Crippen LogP contribution in [0.5, 0.6) is 0 Å². The maximum absolute atomic E-state index is 12.7. The van der Waals surface area contributed by atoms with Crippen LogP contribution in [0.1, 0.15) is 12.5 Å². The molecule has 3 atom stereocenters. The maximum atomic E-state index is 12.7. The zero-order valence-electron chi connectivity index (χ0n) is 11.0. The van der Waals surface area contributed by atoms with E-state index in [0.717, 1.165) is 4.90 Å². The van der Waals surface area contributed by atoms with Gasteiger partial charge in [0.05, 0.1) is 10.6 Å². The van der Waals surface area contributed by atoms with Crippen LogP contribution >= 0.6 is 23.5 Å². The van der Waals surface area contributed by atoms with Crippen molar-refractivity contribution in [2.75, 3.05) is 5.75 Å². The molecule has 0 aromatic heterocycles. The predicted octanol–water partition coefficient (Wildman–Crippen LogP) is 2.08. The summed E-state index contributed by atoms with van der Waals surface area (Å²) in [4.78, 5) is 26.6. The molecule has 0 aliphatic carbocycles. The smallest absolute Gasteiger partial charge is 0.327 e. The summed E-state index contributed by atoms with van der Waals surface area (Å²) in [6.45, 7) is 1.90. The van der Waals surface area contributed by atoms with Gasteiger partial charge in [-0.2, -0.15) is 0 Å². The molecule has 2 aliphatic heterocycles. The normalized spacial score (nSPS) is 28.4. The highest BCUT2D eigenvalue weighted by atomic mass is 32.2. The summed E-state index contributed by atoms with van der Waals surface area (Å²) in [5.74, 6) is -0.473. The van der Waals surface area contributed by atoms with E-state index >= 15 is 0 Å². The number of aliphatic carboxylic acids is 1.